The van der Waals surface area contributed by atoms with Gasteiger partial charge in [-0.25, -0.2) is 9.78 Å². The number of hydrogen-bond acceptors (Lipinski definition) is 11. The van der Waals surface area contributed by atoms with Crippen LogP contribution in [0.15, 0.2) is 51.7 Å². The van der Waals surface area contributed by atoms with Crippen molar-refractivity contribution in [2.45, 2.75) is 26.3 Å². The van der Waals surface area contributed by atoms with Gasteiger partial charge in [-0.2, -0.15) is 4.98 Å². The van der Waals surface area contributed by atoms with Crippen molar-refractivity contribution in [3.8, 4) is 16.9 Å². The van der Waals surface area contributed by atoms with Crippen LogP contribution < -0.4 is 32.5 Å². The second-order valence-electron chi connectivity index (χ2n) is 8.54. The number of fused-ring (bicyclic) bond motifs is 1. The zero-order chi connectivity index (χ0) is 27.2. The van der Waals surface area contributed by atoms with E-state index in [2.05, 4.69) is 20.6 Å². The Bertz CT molecular complexity index is 1540. The lowest BCUT2D eigenvalue weighted by molar-refractivity contribution is -0.383. The van der Waals surface area contributed by atoms with E-state index in [0.717, 1.165) is 10.9 Å². The van der Waals surface area contributed by atoms with Crippen molar-refractivity contribution in [3.63, 3.8) is 0 Å². The minimum atomic E-state index is -0.439. The molecule has 12 heteroatoms. The number of ether oxygens (including phenoxy) is 1. The van der Waals surface area contributed by atoms with Crippen LogP contribution in [0.5, 0.6) is 5.75 Å². The normalized spacial score (nSPS) is 11.0. The van der Waals surface area contributed by atoms with E-state index in [0.29, 0.717) is 66.3 Å². The number of hydrogen-bond donors (Lipinski definition) is 4. The molecule has 2 aromatic heterocycles. The minimum Gasteiger partial charge on any atom is -0.497 e. The summed E-state index contributed by atoms with van der Waals surface area (Å²) in [7, 11) is 1.55. The average Bonchev–Trinajstić information content (AvgIpc) is 2.89. The van der Waals surface area contributed by atoms with E-state index in [1.54, 1.807) is 25.3 Å². The Balaban J connectivity index is 1.39. The number of anilines is 3. The molecule has 198 valence electrons. The van der Waals surface area contributed by atoms with Gasteiger partial charge in [-0.1, -0.05) is 13.0 Å². The van der Waals surface area contributed by atoms with Gasteiger partial charge in [-0.05, 0) is 48.7 Å². The summed E-state index contributed by atoms with van der Waals surface area (Å²) in [6.45, 7) is 3.48. The fraction of sp³-hybridized carbons (Fsp3) is 0.269. The highest BCUT2D eigenvalue weighted by Crippen LogP contribution is 2.34. The number of aromatic nitrogens is 2. The smallest absolute Gasteiger partial charge is 0.336 e. The van der Waals surface area contributed by atoms with Gasteiger partial charge < -0.3 is 31.3 Å². The number of benzene rings is 2. The van der Waals surface area contributed by atoms with E-state index >= 15 is 0 Å². The molecular formula is C26H29N7O5. The lowest BCUT2D eigenvalue weighted by Gasteiger charge is -2.13. The summed E-state index contributed by atoms with van der Waals surface area (Å²) >= 11 is 0. The van der Waals surface area contributed by atoms with Gasteiger partial charge in [0, 0.05) is 42.2 Å². The van der Waals surface area contributed by atoms with Crippen molar-refractivity contribution in [2.75, 3.05) is 37.0 Å². The second-order valence-corrected chi connectivity index (χ2v) is 8.54. The van der Waals surface area contributed by atoms with Crippen LogP contribution in [0.3, 0.4) is 0 Å². The first kappa shape index (κ1) is 26.4. The highest BCUT2D eigenvalue weighted by atomic mass is 16.6. The highest BCUT2D eigenvalue weighted by Gasteiger charge is 2.19. The third kappa shape index (κ3) is 5.81. The molecule has 0 aliphatic heterocycles. The van der Waals surface area contributed by atoms with E-state index < -0.39 is 10.5 Å². The summed E-state index contributed by atoms with van der Waals surface area (Å²) in [4.78, 5) is 31.5. The van der Waals surface area contributed by atoms with E-state index in [9.17, 15) is 14.9 Å². The molecule has 12 nitrogen and oxygen atoms in total. The number of methoxy groups -OCH3 is 1. The molecule has 0 unspecified atom stereocenters. The fourth-order valence-corrected chi connectivity index (χ4v) is 4.25. The molecule has 0 saturated carbocycles. The summed E-state index contributed by atoms with van der Waals surface area (Å²) in [5.74, 6) is 0.849. The molecule has 4 aromatic rings. The Hall–Kier alpha value is -4.71. The number of aryl methyl sites for hydroxylation is 1. The Kier molecular flexibility index (Phi) is 8.02. The van der Waals surface area contributed by atoms with Gasteiger partial charge in [0.25, 0.3) is 5.69 Å². The third-order valence-electron chi connectivity index (χ3n) is 6.05. The van der Waals surface area contributed by atoms with Gasteiger partial charge in [0.05, 0.1) is 17.7 Å². The van der Waals surface area contributed by atoms with E-state index in [4.69, 9.17) is 20.6 Å². The SMILES string of the molecule is CCc1nc(N)nc(N)c1-c1ccc(NCCCNCc2cc(=O)oc3cc(OC)ccc23)c([N+](=O)[O-])c1. The van der Waals surface area contributed by atoms with Crippen molar-refractivity contribution in [2.24, 2.45) is 0 Å². The Morgan fingerprint density at radius 1 is 1.11 bits per heavy atom. The van der Waals surface area contributed by atoms with Crippen molar-refractivity contribution in [1.82, 2.24) is 15.3 Å². The van der Waals surface area contributed by atoms with Crippen molar-refractivity contribution < 1.29 is 14.1 Å². The van der Waals surface area contributed by atoms with E-state index in [1.807, 2.05) is 19.1 Å². The molecule has 0 aliphatic carbocycles. The summed E-state index contributed by atoms with van der Waals surface area (Å²) in [6, 6.07) is 11.7. The van der Waals surface area contributed by atoms with Crippen LogP contribution in [0.4, 0.5) is 23.1 Å². The zero-order valence-corrected chi connectivity index (χ0v) is 21.1. The molecule has 0 spiro atoms. The lowest BCUT2D eigenvalue weighted by Crippen LogP contribution is -2.19. The van der Waals surface area contributed by atoms with Crippen LogP contribution in [-0.4, -0.2) is 35.1 Å². The molecular weight excluding hydrogens is 490 g/mol. The zero-order valence-electron chi connectivity index (χ0n) is 21.1. The van der Waals surface area contributed by atoms with Crippen molar-refractivity contribution in [1.29, 1.82) is 0 Å². The van der Waals surface area contributed by atoms with Crippen LogP contribution in [-0.2, 0) is 13.0 Å². The maximum absolute atomic E-state index is 11.9. The molecule has 0 bridgehead atoms. The Morgan fingerprint density at radius 2 is 1.92 bits per heavy atom. The van der Waals surface area contributed by atoms with Crippen LogP contribution in [0.2, 0.25) is 0 Å². The number of nitrogens with one attached hydrogen (secondary N) is 2. The number of rotatable bonds is 11. The largest absolute Gasteiger partial charge is 0.497 e. The lowest BCUT2D eigenvalue weighted by atomic mass is 10.0. The molecule has 6 N–H and O–H groups in total. The number of nitro benzene ring substituents is 1. The first-order valence-electron chi connectivity index (χ1n) is 12.1. The molecule has 0 atom stereocenters. The fourth-order valence-electron chi connectivity index (χ4n) is 4.25. The first-order chi connectivity index (χ1) is 18.3. The summed E-state index contributed by atoms with van der Waals surface area (Å²) in [5, 5.41) is 19.1. The summed E-state index contributed by atoms with van der Waals surface area (Å²) in [6.07, 6.45) is 1.23. The summed E-state index contributed by atoms with van der Waals surface area (Å²) < 4.78 is 10.5. The van der Waals surface area contributed by atoms with Gasteiger partial charge >= 0.3 is 5.63 Å². The maximum Gasteiger partial charge on any atom is 0.336 e. The summed E-state index contributed by atoms with van der Waals surface area (Å²) in [5.41, 5.74) is 14.6. The molecule has 0 radical (unpaired) electrons. The van der Waals surface area contributed by atoms with Gasteiger partial charge in [-0.15, -0.1) is 0 Å². The molecule has 4 rings (SSSR count). The quantitative estimate of drug-likeness (QED) is 0.0984. The molecule has 2 heterocycles. The molecule has 0 aliphatic rings. The van der Waals surface area contributed by atoms with Gasteiger partial charge in [0.1, 0.15) is 22.8 Å². The molecule has 0 amide bonds. The average molecular weight is 520 g/mol. The van der Waals surface area contributed by atoms with Crippen LogP contribution in [0, 0.1) is 10.1 Å². The monoisotopic (exact) mass is 519 g/mol. The molecule has 2 aromatic carbocycles. The molecule has 0 fully saturated rings. The molecule has 0 saturated heterocycles. The van der Waals surface area contributed by atoms with Crippen LogP contribution in [0.1, 0.15) is 24.6 Å². The minimum absolute atomic E-state index is 0.0636. The number of nitrogens with zero attached hydrogens (tertiary/aromatic N) is 3. The number of nitrogens with two attached hydrogens (primary N) is 2. The first-order valence-corrected chi connectivity index (χ1v) is 12.1. The highest BCUT2D eigenvalue weighted by molar-refractivity contribution is 5.82. The van der Waals surface area contributed by atoms with Gasteiger partial charge in [0.15, 0.2) is 0 Å². The van der Waals surface area contributed by atoms with Crippen LogP contribution >= 0.6 is 0 Å². The standard InChI is InChI=1S/C26H29N7O5/c1-3-19-24(25(27)32-26(28)31-19)15-5-8-20(21(11-15)33(35)36)30-10-4-9-29-14-16-12-23(34)38-22-13-17(37-2)6-7-18(16)22/h5-8,11-13,29-30H,3-4,9-10,14H2,1-2H3,(H4,27,28,31,32). The third-order valence-corrected chi connectivity index (χ3v) is 6.05. The van der Waals surface area contributed by atoms with Crippen molar-refractivity contribution >= 4 is 34.1 Å². The van der Waals surface area contributed by atoms with Crippen LogP contribution in [0.25, 0.3) is 22.1 Å². The van der Waals surface area contributed by atoms with Gasteiger partial charge in [0.2, 0.25) is 5.95 Å². The predicted molar refractivity (Wildman–Crippen MR) is 146 cm³/mol. The Morgan fingerprint density at radius 3 is 2.66 bits per heavy atom. The number of nitrogen functional groups attached to an aromatic ring is 2. The van der Waals surface area contributed by atoms with Crippen molar-refractivity contribution in [3.05, 3.63) is 74.3 Å². The maximum atomic E-state index is 11.9. The van der Waals surface area contributed by atoms with Gasteiger partial charge in [-0.3, -0.25) is 10.1 Å². The van der Waals surface area contributed by atoms with E-state index in [-0.39, 0.29) is 17.5 Å². The number of nitro groups is 1. The predicted octanol–water partition coefficient (Wildman–Crippen LogP) is 3.49. The second kappa shape index (κ2) is 11.6. The molecule has 38 heavy (non-hydrogen) atoms. The topological polar surface area (TPSA) is 184 Å². The Labute approximate surface area is 218 Å². The van der Waals surface area contributed by atoms with E-state index in [1.165, 1.54) is 12.1 Å².